The predicted octanol–water partition coefficient (Wildman–Crippen LogP) is 2.36. The zero-order valence-electron chi connectivity index (χ0n) is 11.8. The lowest BCUT2D eigenvalue weighted by atomic mass is 10.1. The van der Waals surface area contributed by atoms with Gasteiger partial charge in [-0.2, -0.15) is 5.10 Å². The summed E-state index contributed by atoms with van der Waals surface area (Å²) in [6.07, 6.45) is 5.08. The highest BCUT2D eigenvalue weighted by Gasteiger charge is 2.19. The molecule has 0 saturated heterocycles. The monoisotopic (exact) mass is 315 g/mol. The molecular weight excluding hydrogens is 302 g/mol. The average molecular weight is 316 g/mol. The fraction of sp³-hybridized carbons (Fsp3) is 0.133. The van der Waals surface area contributed by atoms with Crippen molar-refractivity contribution in [2.24, 2.45) is 7.05 Å². The Balaban J connectivity index is 2.05. The van der Waals surface area contributed by atoms with Gasteiger partial charge in [0.25, 0.3) is 5.56 Å². The molecule has 0 spiro atoms. The first-order chi connectivity index (χ1) is 10.7. The van der Waals surface area contributed by atoms with Gasteiger partial charge in [0.2, 0.25) is 0 Å². The topological polar surface area (TPSA) is 75.6 Å². The van der Waals surface area contributed by atoms with Gasteiger partial charge in [-0.1, -0.05) is 41.9 Å². The summed E-state index contributed by atoms with van der Waals surface area (Å²) in [7, 11) is 1.91. The van der Waals surface area contributed by atoms with E-state index in [1.165, 1.54) is 6.20 Å². The molecule has 0 amide bonds. The minimum Gasteiger partial charge on any atom is -0.369 e. The Kier molecular flexibility index (Phi) is 3.93. The SMILES string of the molecule is Cn1ccnc1[C@@H](Nc1cn[nH]c(=O)c1Cl)c1ccccc1. The summed E-state index contributed by atoms with van der Waals surface area (Å²) in [5.74, 6) is 0.808. The molecule has 2 heterocycles. The Bertz CT molecular complexity index is 827. The van der Waals surface area contributed by atoms with Gasteiger partial charge in [0, 0.05) is 19.4 Å². The molecule has 0 radical (unpaired) electrons. The van der Waals surface area contributed by atoms with Crippen molar-refractivity contribution < 1.29 is 0 Å². The lowest BCUT2D eigenvalue weighted by Crippen LogP contribution is -2.19. The average Bonchev–Trinajstić information content (AvgIpc) is 2.95. The first-order valence-electron chi connectivity index (χ1n) is 6.68. The number of imidazole rings is 1. The molecule has 3 rings (SSSR count). The number of hydrogen-bond acceptors (Lipinski definition) is 4. The number of nitrogens with one attached hydrogen (secondary N) is 2. The molecule has 0 aliphatic carbocycles. The highest BCUT2D eigenvalue weighted by atomic mass is 35.5. The number of anilines is 1. The minimum atomic E-state index is -0.432. The Morgan fingerprint density at radius 3 is 2.77 bits per heavy atom. The molecule has 0 aliphatic rings. The van der Waals surface area contributed by atoms with E-state index in [1.54, 1.807) is 6.20 Å². The molecule has 1 atom stereocenters. The van der Waals surface area contributed by atoms with Crippen LogP contribution in [0.25, 0.3) is 0 Å². The predicted molar refractivity (Wildman–Crippen MR) is 85.0 cm³/mol. The van der Waals surface area contributed by atoms with Crippen LogP contribution >= 0.6 is 11.6 Å². The maximum absolute atomic E-state index is 11.6. The minimum absolute atomic E-state index is 0.0742. The van der Waals surface area contributed by atoms with Gasteiger partial charge in [0.15, 0.2) is 0 Å². The molecule has 2 aromatic heterocycles. The van der Waals surface area contributed by atoms with E-state index in [1.807, 2.05) is 48.1 Å². The normalized spacial score (nSPS) is 12.1. The second-order valence-electron chi connectivity index (χ2n) is 4.81. The second kappa shape index (κ2) is 6.03. The number of hydrogen-bond donors (Lipinski definition) is 2. The van der Waals surface area contributed by atoms with Crippen molar-refractivity contribution in [1.82, 2.24) is 19.7 Å². The molecule has 2 N–H and O–H groups in total. The maximum atomic E-state index is 11.6. The number of aromatic nitrogens is 4. The molecule has 3 aromatic rings. The molecule has 112 valence electrons. The first-order valence-corrected chi connectivity index (χ1v) is 7.06. The fourth-order valence-corrected chi connectivity index (χ4v) is 2.38. The number of benzene rings is 1. The van der Waals surface area contributed by atoms with Crippen LogP contribution in [-0.4, -0.2) is 19.7 Å². The Morgan fingerprint density at radius 2 is 2.09 bits per heavy atom. The van der Waals surface area contributed by atoms with E-state index >= 15 is 0 Å². The van der Waals surface area contributed by atoms with Crippen molar-refractivity contribution in [2.75, 3.05) is 5.32 Å². The van der Waals surface area contributed by atoms with Crippen molar-refractivity contribution in [2.45, 2.75) is 6.04 Å². The maximum Gasteiger partial charge on any atom is 0.285 e. The van der Waals surface area contributed by atoms with Gasteiger partial charge in [-0.25, -0.2) is 10.1 Å². The number of rotatable bonds is 4. The number of halogens is 1. The molecule has 0 aliphatic heterocycles. The quantitative estimate of drug-likeness (QED) is 0.775. The van der Waals surface area contributed by atoms with Crippen LogP contribution in [0.2, 0.25) is 5.02 Å². The van der Waals surface area contributed by atoms with Gasteiger partial charge in [-0.05, 0) is 5.56 Å². The van der Waals surface area contributed by atoms with Gasteiger partial charge in [0.05, 0.1) is 11.9 Å². The van der Waals surface area contributed by atoms with Crippen LogP contribution in [0.15, 0.2) is 53.7 Å². The summed E-state index contributed by atoms with van der Waals surface area (Å²) in [6, 6.07) is 9.57. The molecule has 0 bridgehead atoms. The summed E-state index contributed by atoms with van der Waals surface area (Å²) < 4.78 is 1.92. The van der Waals surface area contributed by atoms with E-state index in [0.29, 0.717) is 5.69 Å². The smallest absolute Gasteiger partial charge is 0.285 e. The van der Waals surface area contributed by atoms with E-state index < -0.39 is 5.56 Å². The van der Waals surface area contributed by atoms with Crippen LogP contribution in [0.3, 0.4) is 0 Å². The number of aryl methyl sites for hydroxylation is 1. The van der Waals surface area contributed by atoms with Crippen LogP contribution < -0.4 is 10.9 Å². The lowest BCUT2D eigenvalue weighted by Gasteiger charge is -2.20. The zero-order chi connectivity index (χ0) is 15.5. The van der Waals surface area contributed by atoms with Gasteiger partial charge in [-0.15, -0.1) is 0 Å². The molecule has 0 fully saturated rings. The van der Waals surface area contributed by atoms with Crippen LogP contribution in [0, 0.1) is 0 Å². The van der Waals surface area contributed by atoms with Crippen LogP contribution in [0.5, 0.6) is 0 Å². The summed E-state index contributed by atoms with van der Waals surface area (Å²) in [5, 5.41) is 9.41. The molecule has 6 nitrogen and oxygen atoms in total. The highest BCUT2D eigenvalue weighted by molar-refractivity contribution is 6.32. The third-order valence-corrected chi connectivity index (χ3v) is 3.72. The third kappa shape index (κ3) is 2.73. The molecule has 1 aromatic carbocycles. The van der Waals surface area contributed by atoms with Crippen molar-refractivity contribution >= 4 is 17.3 Å². The number of aromatic amines is 1. The van der Waals surface area contributed by atoms with Crippen LogP contribution in [-0.2, 0) is 7.05 Å². The lowest BCUT2D eigenvalue weighted by molar-refractivity contribution is 0.747. The van der Waals surface area contributed by atoms with Gasteiger partial charge in [-0.3, -0.25) is 4.79 Å². The van der Waals surface area contributed by atoms with Crippen LogP contribution in [0.4, 0.5) is 5.69 Å². The molecule has 0 saturated carbocycles. The summed E-state index contributed by atoms with van der Waals surface area (Å²) in [6.45, 7) is 0. The van der Waals surface area contributed by atoms with Crippen molar-refractivity contribution in [3.63, 3.8) is 0 Å². The summed E-state index contributed by atoms with van der Waals surface area (Å²) >= 11 is 6.05. The van der Waals surface area contributed by atoms with E-state index in [4.69, 9.17) is 11.6 Å². The van der Waals surface area contributed by atoms with E-state index in [9.17, 15) is 4.79 Å². The number of H-pyrrole nitrogens is 1. The summed E-state index contributed by atoms with van der Waals surface area (Å²) in [4.78, 5) is 16.0. The molecule has 22 heavy (non-hydrogen) atoms. The van der Waals surface area contributed by atoms with E-state index in [-0.39, 0.29) is 11.1 Å². The van der Waals surface area contributed by atoms with Gasteiger partial charge < -0.3 is 9.88 Å². The standard InChI is InChI=1S/C15H14ClN5O/c1-21-8-7-17-14(21)13(10-5-3-2-4-6-10)19-11-9-18-20-15(22)12(11)16/h2-9,13H,1H3,(H2,19,20,22)/t13-/m0/s1. The molecule has 0 unspecified atom stereocenters. The Hall–Kier alpha value is -2.60. The van der Waals surface area contributed by atoms with Gasteiger partial charge >= 0.3 is 0 Å². The third-order valence-electron chi connectivity index (χ3n) is 3.34. The fourth-order valence-electron chi connectivity index (χ4n) is 2.24. The second-order valence-corrected chi connectivity index (χ2v) is 5.19. The van der Waals surface area contributed by atoms with E-state index in [2.05, 4.69) is 20.5 Å². The molecular formula is C15H14ClN5O. The van der Waals surface area contributed by atoms with Crippen LogP contribution in [0.1, 0.15) is 17.4 Å². The largest absolute Gasteiger partial charge is 0.369 e. The Labute approximate surface area is 131 Å². The van der Waals surface area contributed by atoms with Gasteiger partial charge in [0.1, 0.15) is 16.9 Å². The van der Waals surface area contributed by atoms with Crippen molar-refractivity contribution in [3.05, 3.63) is 75.7 Å². The first kappa shape index (κ1) is 14.3. The number of nitrogens with zero attached hydrogens (tertiary/aromatic N) is 3. The van der Waals surface area contributed by atoms with Crippen molar-refractivity contribution in [3.8, 4) is 0 Å². The highest BCUT2D eigenvalue weighted by Crippen LogP contribution is 2.27. The van der Waals surface area contributed by atoms with Crippen molar-refractivity contribution in [1.29, 1.82) is 0 Å². The van der Waals surface area contributed by atoms with E-state index in [0.717, 1.165) is 11.4 Å². The summed E-state index contributed by atoms with van der Waals surface area (Å²) in [5.41, 5.74) is 1.04. The zero-order valence-corrected chi connectivity index (χ0v) is 12.6. The molecule has 7 heteroatoms. The Morgan fingerprint density at radius 1 is 1.32 bits per heavy atom.